The smallest absolute Gasteiger partial charge is 0.265 e. The van der Waals surface area contributed by atoms with Crippen molar-refractivity contribution >= 4 is 28.9 Å². The lowest BCUT2D eigenvalue weighted by Gasteiger charge is -2.07. The molecule has 0 unspecified atom stereocenters. The van der Waals surface area contributed by atoms with Crippen LogP contribution in [0.4, 0.5) is 11.4 Å². The van der Waals surface area contributed by atoms with E-state index in [2.05, 4.69) is 15.2 Å². The molecule has 7 heteroatoms. The number of rotatable bonds is 5. The van der Waals surface area contributed by atoms with Crippen LogP contribution in [0.5, 0.6) is 0 Å². The van der Waals surface area contributed by atoms with E-state index in [1.54, 1.807) is 36.5 Å². The maximum atomic E-state index is 13.5. The molecule has 2 aromatic heterocycles. The van der Waals surface area contributed by atoms with Gasteiger partial charge < -0.3 is 0 Å². The van der Waals surface area contributed by atoms with E-state index in [9.17, 15) is 4.79 Å². The Hall–Kier alpha value is -4.42. The number of pyridine rings is 1. The monoisotopic (exact) mass is 463 g/mol. The third-order valence-electron chi connectivity index (χ3n) is 5.14. The van der Waals surface area contributed by atoms with Gasteiger partial charge in [0.15, 0.2) is 0 Å². The predicted octanol–water partition coefficient (Wildman–Crippen LogP) is 7.37. The molecule has 0 radical (unpaired) electrons. The van der Waals surface area contributed by atoms with Crippen molar-refractivity contribution in [1.29, 1.82) is 0 Å². The van der Waals surface area contributed by atoms with Crippen molar-refractivity contribution in [2.45, 2.75) is 0 Å². The summed E-state index contributed by atoms with van der Waals surface area (Å²) in [4.78, 5) is 17.7. The second kappa shape index (κ2) is 9.60. The molecule has 0 saturated heterocycles. The third kappa shape index (κ3) is 4.27. The predicted molar refractivity (Wildman–Crippen MR) is 133 cm³/mol. The minimum atomic E-state index is -0.365. The highest BCUT2D eigenvalue weighted by Gasteiger charge is 2.25. The molecular weight excluding hydrogens is 446 g/mol. The Balaban J connectivity index is 1.77. The van der Waals surface area contributed by atoms with Gasteiger partial charge in [-0.3, -0.25) is 9.78 Å². The van der Waals surface area contributed by atoms with Crippen LogP contribution in [0.3, 0.4) is 0 Å². The molecule has 6 nitrogen and oxygen atoms in total. The minimum Gasteiger partial charge on any atom is -0.265 e. The van der Waals surface area contributed by atoms with Crippen molar-refractivity contribution < 1.29 is 4.79 Å². The van der Waals surface area contributed by atoms with E-state index in [0.717, 1.165) is 11.1 Å². The van der Waals surface area contributed by atoms with Gasteiger partial charge in [-0.05, 0) is 24.3 Å². The standard InChI is InChI=1S/C27H18ClN5O/c28-21-15-7-8-16-22(21)30-31-25-24(19-11-3-1-4-12-19)32-33(26(25)20-13-5-2-6-14-20)27(34)23-17-9-10-18-29-23/h1-18H. The number of halogens is 1. The summed E-state index contributed by atoms with van der Waals surface area (Å²) < 4.78 is 1.35. The molecule has 5 aromatic rings. The molecule has 0 spiro atoms. The van der Waals surface area contributed by atoms with Gasteiger partial charge in [-0.1, -0.05) is 90.5 Å². The Bertz CT molecular complexity index is 1470. The van der Waals surface area contributed by atoms with Crippen molar-refractivity contribution in [3.8, 4) is 22.5 Å². The summed E-state index contributed by atoms with van der Waals surface area (Å²) in [6, 6.07) is 31.5. The van der Waals surface area contributed by atoms with Gasteiger partial charge in [0.1, 0.15) is 28.5 Å². The fourth-order valence-corrected chi connectivity index (χ4v) is 3.70. The number of aromatic nitrogens is 3. The first-order chi connectivity index (χ1) is 16.7. The summed E-state index contributed by atoms with van der Waals surface area (Å²) in [6.07, 6.45) is 1.58. The number of hydrogen-bond donors (Lipinski definition) is 0. The minimum absolute atomic E-state index is 0.274. The quantitative estimate of drug-likeness (QED) is 0.255. The van der Waals surface area contributed by atoms with Crippen LogP contribution >= 0.6 is 11.6 Å². The van der Waals surface area contributed by atoms with Gasteiger partial charge in [0.25, 0.3) is 5.91 Å². The average Bonchev–Trinajstić information content (AvgIpc) is 3.29. The maximum absolute atomic E-state index is 13.5. The molecule has 0 aliphatic rings. The van der Waals surface area contributed by atoms with Crippen LogP contribution in [0.2, 0.25) is 5.02 Å². The zero-order valence-electron chi connectivity index (χ0n) is 17.9. The maximum Gasteiger partial charge on any atom is 0.297 e. The van der Waals surface area contributed by atoms with E-state index in [4.69, 9.17) is 16.7 Å². The van der Waals surface area contributed by atoms with Gasteiger partial charge in [-0.15, -0.1) is 10.2 Å². The lowest BCUT2D eigenvalue weighted by Crippen LogP contribution is -2.16. The summed E-state index contributed by atoms with van der Waals surface area (Å²) in [6.45, 7) is 0. The summed E-state index contributed by atoms with van der Waals surface area (Å²) in [5.41, 5.74) is 3.88. The molecule has 164 valence electrons. The molecule has 0 bridgehead atoms. The van der Waals surface area contributed by atoms with E-state index in [0.29, 0.717) is 27.8 Å². The van der Waals surface area contributed by atoms with Crippen LogP contribution in [-0.4, -0.2) is 20.7 Å². The van der Waals surface area contributed by atoms with Crippen LogP contribution in [0.25, 0.3) is 22.5 Å². The lowest BCUT2D eigenvalue weighted by atomic mass is 10.1. The SMILES string of the molecule is O=C(c1ccccn1)n1nc(-c2ccccc2)c(N=Nc2ccccc2Cl)c1-c1ccccc1. The Labute approximate surface area is 201 Å². The molecule has 2 heterocycles. The van der Waals surface area contributed by atoms with Gasteiger partial charge in [0, 0.05) is 17.3 Å². The molecule has 0 saturated carbocycles. The number of nitrogens with zero attached hydrogens (tertiary/aromatic N) is 5. The van der Waals surface area contributed by atoms with Crippen LogP contribution in [0.1, 0.15) is 10.5 Å². The summed E-state index contributed by atoms with van der Waals surface area (Å²) >= 11 is 6.30. The van der Waals surface area contributed by atoms with Gasteiger partial charge in [0.05, 0.1) is 5.02 Å². The van der Waals surface area contributed by atoms with E-state index < -0.39 is 0 Å². The van der Waals surface area contributed by atoms with E-state index in [1.807, 2.05) is 72.8 Å². The highest BCUT2D eigenvalue weighted by atomic mass is 35.5. The molecular formula is C27H18ClN5O. The second-order valence-electron chi connectivity index (χ2n) is 7.36. The van der Waals surface area contributed by atoms with Crippen molar-refractivity contribution in [2.24, 2.45) is 10.2 Å². The first kappa shape index (κ1) is 21.4. The number of benzene rings is 3. The van der Waals surface area contributed by atoms with Crippen LogP contribution in [0, 0.1) is 0 Å². The molecule has 0 amide bonds. The van der Waals surface area contributed by atoms with Gasteiger partial charge in [-0.2, -0.15) is 9.78 Å². The summed E-state index contributed by atoms with van der Waals surface area (Å²) in [5, 5.41) is 14.2. The van der Waals surface area contributed by atoms with Crippen LogP contribution < -0.4 is 0 Å². The number of hydrogen-bond acceptors (Lipinski definition) is 5. The number of carbonyl (C=O) groups excluding carboxylic acids is 1. The molecule has 34 heavy (non-hydrogen) atoms. The summed E-state index contributed by atoms with van der Waals surface area (Å²) in [5.74, 6) is -0.365. The van der Waals surface area contributed by atoms with Gasteiger partial charge >= 0.3 is 0 Å². The lowest BCUT2D eigenvalue weighted by molar-refractivity contribution is 0.0942. The Morgan fingerprint density at radius 1 is 0.735 bits per heavy atom. The first-order valence-electron chi connectivity index (χ1n) is 10.6. The highest BCUT2D eigenvalue weighted by Crippen LogP contribution is 2.40. The van der Waals surface area contributed by atoms with Gasteiger partial charge in [0.2, 0.25) is 0 Å². The van der Waals surface area contributed by atoms with Crippen molar-refractivity contribution in [3.05, 3.63) is 120 Å². The normalized spacial score (nSPS) is 11.1. The summed E-state index contributed by atoms with van der Waals surface area (Å²) in [7, 11) is 0. The van der Waals surface area contributed by atoms with Gasteiger partial charge in [-0.25, -0.2) is 0 Å². The first-order valence-corrected chi connectivity index (χ1v) is 11.0. The zero-order chi connectivity index (χ0) is 23.3. The number of azo groups is 1. The molecule has 0 aliphatic heterocycles. The van der Waals surface area contributed by atoms with Crippen molar-refractivity contribution in [3.63, 3.8) is 0 Å². The fourth-order valence-electron chi connectivity index (χ4n) is 3.53. The highest BCUT2D eigenvalue weighted by molar-refractivity contribution is 6.32. The molecule has 0 fully saturated rings. The molecule has 0 aliphatic carbocycles. The van der Waals surface area contributed by atoms with E-state index in [-0.39, 0.29) is 11.6 Å². The molecule has 0 atom stereocenters. The Morgan fingerprint density at radius 3 is 2.06 bits per heavy atom. The second-order valence-corrected chi connectivity index (χ2v) is 7.77. The van der Waals surface area contributed by atoms with Crippen LogP contribution in [0.15, 0.2) is 120 Å². The third-order valence-corrected chi connectivity index (χ3v) is 5.46. The van der Waals surface area contributed by atoms with Crippen molar-refractivity contribution in [1.82, 2.24) is 14.8 Å². The van der Waals surface area contributed by atoms with Crippen LogP contribution in [-0.2, 0) is 0 Å². The molecule has 3 aromatic carbocycles. The van der Waals surface area contributed by atoms with E-state index >= 15 is 0 Å². The molecule has 0 N–H and O–H groups in total. The van der Waals surface area contributed by atoms with Crippen molar-refractivity contribution in [2.75, 3.05) is 0 Å². The largest absolute Gasteiger partial charge is 0.297 e. The average molecular weight is 464 g/mol. The topological polar surface area (TPSA) is 72.5 Å². The number of carbonyl (C=O) groups is 1. The zero-order valence-corrected chi connectivity index (χ0v) is 18.7. The Kier molecular flexibility index (Phi) is 6.05. The Morgan fingerprint density at radius 2 is 1.38 bits per heavy atom. The van der Waals surface area contributed by atoms with E-state index in [1.165, 1.54) is 4.68 Å². The fraction of sp³-hybridized carbons (Fsp3) is 0. The molecule has 5 rings (SSSR count).